The van der Waals surface area contributed by atoms with Crippen LogP contribution in [0.3, 0.4) is 0 Å². The van der Waals surface area contributed by atoms with Gasteiger partial charge in [0.1, 0.15) is 5.75 Å². The second kappa shape index (κ2) is 8.09. The summed E-state index contributed by atoms with van der Waals surface area (Å²) < 4.78 is 14.5. The Hall–Kier alpha value is -2.30. The minimum Gasteiger partial charge on any atom is -0.496 e. The number of carbonyl (C=O) groups is 2. The Morgan fingerprint density at radius 2 is 1.90 bits per heavy atom. The first-order valence-corrected chi connectivity index (χ1v) is 6.52. The van der Waals surface area contributed by atoms with E-state index in [0.29, 0.717) is 12.2 Å². The molecule has 5 heteroatoms. The van der Waals surface area contributed by atoms with E-state index in [-0.39, 0.29) is 11.9 Å². The Labute approximate surface area is 124 Å². The van der Waals surface area contributed by atoms with Gasteiger partial charge in [0.2, 0.25) is 0 Å². The molecular formula is C16H20O5. The van der Waals surface area contributed by atoms with Gasteiger partial charge in [0.15, 0.2) is 0 Å². The first-order valence-electron chi connectivity index (χ1n) is 6.52. The Bertz CT molecular complexity index is 533. The topological polar surface area (TPSA) is 61.8 Å². The second-order valence-electron chi connectivity index (χ2n) is 4.56. The van der Waals surface area contributed by atoms with Crippen molar-refractivity contribution < 1.29 is 23.8 Å². The number of benzene rings is 1. The normalized spacial score (nSPS) is 12.0. The lowest BCUT2D eigenvalue weighted by molar-refractivity contribution is -0.144. The monoisotopic (exact) mass is 292 g/mol. The zero-order valence-corrected chi connectivity index (χ0v) is 12.7. The van der Waals surface area contributed by atoms with Crippen molar-refractivity contribution in [1.82, 2.24) is 0 Å². The van der Waals surface area contributed by atoms with Crippen LogP contribution in [0.4, 0.5) is 0 Å². The lowest BCUT2D eigenvalue weighted by atomic mass is 9.99. The highest BCUT2D eigenvalue weighted by Crippen LogP contribution is 2.23. The maximum Gasteiger partial charge on any atom is 0.330 e. The third-order valence-corrected chi connectivity index (χ3v) is 3.04. The van der Waals surface area contributed by atoms with E-state index in [1.54, 1.807) is 26.2 Å². The molecule has 0 amide bonds. The fraction of sp³-hybridized carbons (Fsp3) is 0.375. The molecule has 0 heterocycles. The molecule has 5 nitrogen and oxygen atoms in total. The Balaban J connectivity index is 2.96. The fourth-order valence-electron chi connectivity index (χ4n) is 1.90. The summed E-state index contributed by atoms with van der Waals surface area (Å²) >= 11 is 0. The summed E-state index contributed by atoms with van der Waals surface area (Å²) in [6.07, 6.45) is 3.50. The Morgan fingerprint density at radius 1 is 1.19 bits per heavy atom. The van der Waals surface area contributed by atoms with Crippen LogP contribution in [0.15, 0.2) is 24.3 Å². The molecule has 21 heavy (non-hydrogen) atoms. The summed E-state index contributed by atoms with van der Waals surface area (Å²) in [4.78, 5) is 22.6. The van der Waals surface area contributed by atoms with Gasteiger partial charge in [-0.2, -0.15) is 0 Å². The molecule has 0 unspecified atom stereocenters. The van der Waals surface area contributed by atoms with Crippen LogP contribution in [-0.4, -0.2) is 33.3 Å². The van der Waals surface area contributed by atoms with Crippen LogP contribution in [0.5, 0.6) is 5.75 Å². The van der Waals surface area contributed by atoms with Gasteiger partial charge in [-0.1, -0.05) is 13.0 Å². The molecule has 1 aromatic rings. The first kappa shape index (κ1) is 16.8. The van der Waals surface area contributed by atoms with E-state index in [0.717, 1.165) is 11.1 Å². The van der Waals surface area contributed by atoms with Gasteiger partial charge in [0.25, 0.3) is 0 Å². The lowest BCUT2D eigenvalue weighted by Gasteiger charge is -2.11. The van der Waals surface area contributed by atoms with Crippen molar-refractivity contribution in [3.63, 3.8) is 0 Å². The molecule has 0 aliphatic rings. The van der Waals surface area contributed by atoms with Crippen LogP contribution >= 0.6 is 0 Å². The molecule has 1 atom stereocenters. The second-order valence-corrected chi connectivity index (χ2v) is 4.56. The zero-order chi connectivity index (χ0) is 15.8. The van der Waals surface area contributed by atoms with Crippen LogP contribution in [0, 0.1) is 5.92 Å². The van der Waals surface area contributed by atoms with Crippen molar-refractivity contribution >= 4 is 18.0 Å². The van der Waals surface area contributed by atoms with E-state index < -0.39 is 5.97 Å². The minimum absolute atomic E-state index is 0.235. The maximum atomic E-state index is 11.5. The molecule has 0 radical (unpaired) electrons. The van der Waals surface area contributed by atoms with E-state index in [9.17, 15) is 9.59 Å². The predicted octanol–water partition coefficient (Wildman–Crippen LogP) is 2.23. The Kier molecular flexibility index (Phi) is 6.46. The van der Waals surface area contributed by atoms with Crippen molar-refractivity contribution in [2.45, 2.75) is 13.3 Å². The highest BCUT2D eigenvalue weighted by atomic mass is 16.5. The molecular weight excluding hydrogens is 272 g/mol. The van der Waals surface area contributed by atoms with Gasteiger partial charge >= 0.3 is 11.9 Å². The van der Waals surface area contributed by atoms with Gasteiger partial charge in [-0.05, 0) is 30.2 Å². The van der Waals surface area contributed by atoms with E-state index in [4.69, 9.17) is 9.47 Å². The largest absolute Gasteiger partial charge is 0.496 e. The van der Waals surface area contributed by atoms with Crippen LogP contribution in [-0.2, 0) is 25.5 Å². The summed E-state index contributed by atoms with van der Waals surface area (Å²) in [5, 5.41) is 0. The van der Waals surface area contributed by atoms with Crippen LogP contribution in [0.2, 0.25) is 0 Å². The standard InChI is InChI=1S/C16H20O5/c1-11(16(18)21-4)9-12-5-7-14(19-2)13(10-12)6-8-15(17)20-3/h5-8,10-11H,9H2,1-4H3/b8-6+/t11-/m0/s1. The molecule has 0 saturated heterocycles. The number of esters is 2. The Morgan fingerprint density at radius 3 is 2.48 bits per heavy atom. The molecule has 1 rings (SSSR count). The number of rotatable bonds is 6. The van der Waals surface area contributed by atoms with E-state index in [1.165, 1.54) is 20.3 Å². The third kappa shape index (κ3) is 4.95. The molecule has 0 aromatic heterocycles. The number of methoxy groups -OCH3 is 3. The lowest BCUT2D eigenvalue weighted by Crippen LogP contribution is -2.15. The average Bonchev–Trinajstić information content (AvgIpc) is 2.51. The smallest absolute Gasteiger partial charge is 0.330 e. The first-order chi connectivity index (χ1) is 10.0. The van der Waals surface area contributed by atoms with Gasteiger partial charge in [0.05, 0.1) is 27.2 Å². The van der Waals surface area contributed by atoms with Crippen LogP contribution in [0.25, 0.3) is 6.08 Å². The summed E-state index contributed by atoms with van der Waals surface area (Å²) in [6.45, 7) is 1.81. The predicted molar refractivity (Wildman–Crippen MR) is 78.9 cm³/mol. The third-order valence-electron chi connectivity index (χ3n) is 3.04. The van der Waals surface area contributed by atoms with Gasteiger partial charge in [0, 0.05) is 11.6 Å². The van der Waals surface area contributed by atoms with E-state index >= 15 is 0 Å². The molecule has 0 fully saturated rings. The summed E-state index contributed by atoms with van der Waals surface area (Å²) in [5.41, 5.74) is 1.70. The number of carbonyl (C=O) groups excluding carboxylic acids is 2. The van der Waals surface area contributed by atoms with Crippen molar-refractivity contribution in [2.75, 3.05) is 21.3 Å². The van der Waals surface area contributed by atoms with Crippen molar-refractivity contribution in [3.8, 4) is 5.75 Å². The van der Waals surface area contributed by atoms with Crippen molar-refractivity contribution in [1.29, 1.82) is 0 Å². The zero-order valence-electron chi connectivity index (χ0n) is 12.7. The van der Waals surface area contributed by atoms with Gasteiger partial charge in [-0.25, -0.2) is 4.79 Å². The SMILES string of the molecule is COC(=O)/C=C/c1cc(C[C@H](C)C(=O)OC)ccc1OC. The van der Waals surface area contributed by atoms with Crippen LogP contribution in [0.1, 0.15) is 18.1 Å². The summed E-state index contributed by atoms with van der Waals surface area (Å²) in [5.74, 6) is -0.284. The highest BCUT2D eigenvalue weighted by molar-refractivity contribution is 5.87. The highest BCUT2D eigenvalue weighted by Gasteiger charge is 2.14. The van der Waals surface area contributed by atoms with E-state index in [1.807, 2.05) is 12.1 Å². The molecule has 0 aliphatic heterocycles. The summed E-state index contributed by atoms with van der Waals surface area (Å²) in [7, 11) is 4.25. The number of ether oxygens (including phenoxy) is 3. The van der Waals surface area contributed by atoms with Gasteiger partial charge in [-0.15, -0.1) is 0 Å². The molecule has 1 aromatic carbocycles. The maximum absolute atomic E-state index is 11.5. The number of hydrogen-bond acceptors (Lipinski definition) is 5. The average molecular weight is 292 g/mol. The molecule has 0 aliphatic carbocycles. The molecule has 0 bridgehead atoms. The molecule has 0 saturated carbocycles. The minimum atomic E-state index is -0.439. The van der Waals surface area contributed by atoms with Crippen molar-refractivity contribution in [2.24, 2.45) is 5.92 Å². The van der Waals surface area contributed by atoms with Gasteiger partial charge in [-0.3, -0.25) is 4.79 Å². The quantitative estimate of drug-likeness (QED) is 0.594. The van der Waals surface area contributed by atoms with Crippen molar-refractivity contribution in [3.05, 3.63) is 35.4 Å². The number of hydrogen-bond donors (Lipinski definition) is 0. The fourth-order valence-corrected chi connectivity index (χ4v) is 1.90. The van der Waals surface area contributed by atoms with E-state index in [2.05, 4.69) is 4.74 Å². The molecule has 0 N–H and O–H groups in total. The molecule has 0 spiro atoms. The van der Waals surface area contributed by atoms with Gasteiger partial charge < -0.3 is 14.2 Å². The summed E-state index contributed by atoms with van der Waals surface area (Å²) in [6, 6.07) is 5.56. The van der Waals surface area contributed by atoms with Crippen LogP contribution < -0.4 is 4.74 Å². The molecule has 114 valence electrons.